The number of oxazole rings is 1. The molecule has 1 aromatic carbocycles. The van der Waals surface area contributed by atoms with E-state index in [0.29, 0.717) is 6.54 Å². The summed E-state index contributed by atoms with van der Waals surface area (Å²) in [5.41, 5.74) is 9.24. The number of nitrogens with zero attached hydrogens (tertiary/aromatic N) is 1. The average molecular weight is 230 g/mol. The molecule has 0 aliphatic heterocycles. The van der Waals surface area contributed by atoms with E-state index < -0.39 is 0 Å². The lowest BCUT2D eigenvalue weighted by atomic mass is 10.1. The quantitative estimate of drug-likeness (QED) is 0.858. The molecule has 0 unspecified atom stereocenters. The van der Waals surface area contributed by atoms with Crippen LogP contribution >= 0.6 is 0 Å². The number of hydrogen-bond donors (Lipinski definition) is 1. The van der Waals surface area contributed by atoms with Crippen molar-refractivity contribution in [3.8, 4) is 0 Å². The number of hydrogen-bond acceptors (Lipinski definition) is 3. The molecule has 0 saturated heterocycles. The molecule has 3 heteroatoms. The second kappa shape index (κ2) is 5.15. The Balaban J connectivity index is 2.31. The maximum atomic E-state index is 5.71. The normalized spacial score (nSPS) is 10.9. The van der Waals surface area contributed by atoms with Crippen LogP contribution in [0.2, 0.25) is 0 Å². The molecular weight excluding hydrogens is 212 g/mol. The van der Waals surface area contributed by atoms with Gasteiger partial charge in [0.1, 0.15) is 5.52 Å². The van der Waals surface area contributed by atoms with Crippen molar-refractivity contribution in [2.45, 2.75) is 26.2 Å². The molecule has 0 spiro atoms. The van der Waals surface area contributed by atoms with E-state index in [0.717, 1.165) is 47.4 Å². The number of rotatable bonds is 5. The minimum Gasteiger partial charge on any atom is -0.441 e. The monoisotopic (exact) mass is 230 g/mol. The van der Waals surface area contributed by atoms with Crippen molar-refractivity contribution in [2.75, 3.05) is 6.54 Å². The fraction of sp³-hybridized carbons (Fsp3) is 0.357. The van der Waals surface area contributed by atoms with E-state index in [2.05, 4.69) is 18.5 Å². The van der Waals surface area contributed by atoms with Gasteiger partial charge in [0.25, 0.3) is 0 Å². The van der Waals surface area contributed by atoms with Gasteiger partial charge in [0.05, 0.1) is 0 Å². The second-order valence-corrected chi connectivity index (χ2v) is 4.20. The number of aryl methyl sites for hydroxylation is 1. The van der Waals surface area contributed by atoms with E-state index in [-0.39, 0.29) is 0 Å². The Hall–Kier alpha value is -1.61. The third kappa shape index (κ3) is 2.56. The van der Waals surface area contributed by atoms with Crippen LogP contribution in [0.5, 0.6) is 0 Å². The Labute approximate surface area is 101 Å². The van der Waals surface area contributed by atoms with Gasteiger partial charge in [0.2, 0.25) is 0 Å². The van der Waals surface area contributed by atoms with Crippen molar-refractivity contribution in [1.29, 1.82) is 0 Å². The number of fused-ring (bicyclic) bond motifs is 1. The lowest BCUT2D eigenvalue weighted by Gasteiger charge is -2.00. The summed E-state index contributed by atoms with van der Waals surface area (Å²) in [5, 5.41) is 0. The van der Waals surface area contributed by atoms with Crippen LogP contribution in [0.25, 0.3) is 16.7 Å². The topological polar surface area (TPSA) is 52.0 Å². The predicted molar refractivity (Wildman–Crippen MR) is 70.7 cm³/mol. The molecule has 0 atom stereocenters. The molecule has 3 nitrogen and oxygen atoms in total. The maximum Gasteiger partial charge on any atom is 0.195 e. The Morgan fingerprint density at radius 2 is 2.29 bits per heavy atom. The minimum absolute atomic E-state index is 0.461. The Bertz CT molecular complexity index is 528. The molecule has 0 amide bonds. The fourth-order valence-electron chi connectivity index (χ4n) is 1.75. The maximum absolute atomic E-state index is 5.71. The lowest BCUT2D eigenvalue weighted by Crippen LogP contribution is -2.00. The number of aromatic nitrogens is 1. The highest BCUT2D eigenvalue weighted by molar-refractivity contribution is 5.79. The number of nitrogens with two attached hydrogens (primary N) is 1. The van der Waals surface area contributed by atoms with Crippen molar-refractivity contribution >= 4 is 16.7 Å². The first-order valence-corrected chi connectivity index (χ1v) is 6.02. The molecule has 2 rings (SSSR count). The molecular formula is C14H18N2O. The van der Waals surface area contributed by atoms with Gasteiger partial charge in [-0.25, -0.2) is 4.98 Å². The van der Waals surface area contributed by atoms with Crippen LogP contribution in [0.1, 0.15) is 31.2 Å². The van der Waals surface area contributed by atoms with Crippen LogP contribution < -0.4 is 5.73 Å². The summed E-state index contributed by atoms with van der Waals surface area (Å²) < 4.78 is 5.71. The predicted octanol–water partition coefficient (Wildman–Crippen LogP) is 3.14. The first kappa shape index (κ1) is 11.9. The van der Waals surface area contributed by atoms with E-state index in [4.69, 9.17) is 10.2 Å². The SMILES string of the molecule is C=C(CN)c1ccc2nc(CCCC)oc2c1. The lowest BCUT2D eigenvalue weighted by molar-refractivity contribution is 0.517. The van der Waals surface area contributed by atoms with Crippen LogP contribution in [-0.4, -0.2) is 11.5 Å². The molecule has 2 aromatic rings. The van der Waals surface area contributed by atoms with Crippen LogP contribution in [0.15, 0.2) is 29.2 Å². The standard InChI is InChI=1S/C14H18N2O/c1-3-4-5-14-16-12-7-6-11(10(2)9-15)8-13(12)17-14/h6-8H,2-5,9,15H2,1H3. The van der Waals surface area contributed by atoms with Gasteiger partial charge in [0.15, 0.2) is 11.5 Å². The van der Waals surface area contributed by atoms with Crippen molar-refractivity contribution in [2.24, 2.45) is 5.73 Å². The first-order chi connectivity index (χ1) is 8.24. The van der Waals surface area contributed by atoms with Gasteiger partial charge in [-0.15, -0.1) is 0 Å². The Morgan fingerprint density at radius 1 is 1.47 bits per heavy atom. The molecule has 0 radical (unpaired) electrons. The van der Waals surface area contributed by atoms with Crippen molar-refractivity contribution < 1.29 is 4.42 Å². The first-order valence-electron chi connectivity index (χ1n) is 6.02. The van der Waals surface area contributed by atoms with Gasteiger partial charge in [-0.1, -0.05) is 26.0 Å². The van der Waals surface area contributed by atoms with Gasteiger partial charge >= 0.3 is 0 Å². The molecule has 1 heterocycles. The third-order valence-corrected chi connectivity index (χ3v) is 2.83. The largest absolute Gasteiger partial charge is 0.441 e. The smallest absolute Gasteiger partial charge is 0.195 e. The van der Waals surface area contributed by atoms with E-state index in [9.17, 15) is 0 Å². The Kier molecular flexibility index (Phi) is 3.59. The summed E-state index contributed by atoms with van der Waals surface area (Å²) in [6, 6.07) is 5.92. The molecule has 17 heavy (non-hydrogen) atoms. The van der Waals surface area contributed by atoms with Crippen molar-refractivity contribution in [1.82, 2.24) is 4.98 Å². The summed E-state index contributed by atoms with van der Waals surface area (Å²) in [6.07, 6.45) is 3.15. The van der Waals surface area contributed by atoms with E-state index in [1.807, 2.05) is 18.2 Å². The van der Waals surface area contributed by atoms with Gasteiger partial charge in [-0.2, -0.15) is 0 Å². The molecule has 0 bridgehead atoms. The highest BCUT2D eigenvalue weighted by atomic mass is 16.3. The summed E-state index contributed by atoms with van der Waals surface area (Å²) in [4.78, 5) is 4.45. The zero-order chi connectivity index (χ0) is 12.3. The fourth-order valence-corrected chi connectivity index (χ4v) is 1.75. The van der Waals surface area contributed by atoms with Gasteiger partial charge in [-0.05, 0) is 29.7 Å². The molecule has 0 aliphatic carbocycles. The number of unbranched alkanes of at least 4 members (excludes halogenated alkanes) is 1. The van der Waals surface area contributed by atoms with Crippen molar-refractivity contribution in [3.63, 3.8) is 0 Å². The summed E-state index contributed by atoms with van der Waals surface area (Å²) in [5.74, 6) is 0.817. The number of benzene rings is 1. The molecule has 0 saturated carbocycles. The van der Waals surface area contributed by atoms with E-state index >= 15 is 0 Å². The highest BCUT2D eigenvalue weighted by Crippen LogP contribution is 2.21. The minimum atomic E-state index is 0.461. The highest BCUT2D eigenvalue weighted by Gasteiger charge is 2.06. The van der Waals surface area contributed by atoms with Crippen molar-refractivity contribution in [3.05, 3.63) is 36.2 Å². The molecule has 0 aliphatic rings. The van der Waals surface area contributed by atoms with Gasteiger partial charge in [-0.3, -0.25) is 0 Å². The third-order valence-electron chi connectivity index (χ3n) is 2.83. The van der Waals surface area contributed by atoms with Gasteiger partial charge < -0.3 is 10.2 Å². The van der Waals surface area contributed by atoms with Crippen LogP contribution in [-0.2, 0) is 6.42 Å². The summed E-state index contributed by atoms with van der Waals surface area (Å²) >= 11 is 0. The molecule has 0 fully saturated rings. The Morgan fingerprint density at radius 3 is 3.00 bits per heavy atom. The van der Waals surface area contributed by atoms with Crippen LogP contribution in [0.3, 0.4) is 0 Å². The zero-order valence-electron chi connectivity index (χ0n) is 10.2. The summed E-state index contributed by atoms with van der Waals surface area (Å²) in [6.45, 7) is 6.54. The second-order valence-electron chi connectivity index (χ2n) is 4.20. The molecule has 2 N–H and O–H groups in total. The van der Waals surface area contributed by atoms with E-state index in [1.54, 1.807) is 0 Å². The summed E-state index contributed by atoms with van der Waals surface area (Å²) in [7, 11) is 0. The average Bonchev–Trinajstić information content (AvgIpc) is 2.76. The van der Waals surface area contributed by atoms with Crippen LogP contribution in [0, 0.1) is 0 Å². The van der Waals surface area contributed by atoms with Gasteiger partial charge in [0, 0.05) is 13.0 Å². The molecule has 1 aromatic heterocycles. The zero-order valence-corrected chi connectivity index (χ0v) is 10.2. The molecule has 90 valence electrons. The van der Waals surface area contributed by atoms with E-state index in [1.165, 1.54) is 0 Å². The van der Waals surface area contributed by atoms with Crippen LogP contribution in [0.4, 0.5) is 0 Å².